The molecule has 1 atom stereocenters. The zero-order valence-electron chi connectivity index (χ0n) is 13.6. The van der Waals surface area contributed by atoms with Crippen LogP contribution in [0.4, 0.5) is 11.4 Å². The number of hydrogen-bond donors (Lipinski definition) is 1. The lowest BCUT2D eigenvalue weighted by atomic mass is 10.2. The van der Waals surface area contributed by atoms with E-state index in [0.717, 1.165) is 0 Å². The van der Waals surface area contributed by atoms with Gasteiger partial charge in [-0.05, 0) is 25.1 Å². The van der Waals surface area contributed by atoms with Gasteiger partial charge in [-0.25, -0.2) is 4.79 Å². The summed E-state index contributed by atoms with van der Waals surface area (Å²) in [4.78, 5) is 34.7. The molecule has 25 heavy (non-hydrogen) atoms. The number of hydrogen-bond acceptors (Lipinski definition) is 6. The van der Waals surface area contributed by atoms with Crippen LogP contribution in [0.5, 0.6) is 5.75 Å². The molecule has 0 spiro atoms. The van der Waals surface area contributed by atoms with Gasteiger partial charge in [0.25, 0.3) is 11.6 Å². The second kappa shape index (κ2) is 7.91. The van der Waals surface area contributed by atoms with E-state index in [9.17, 15) is 19.7 Å². The van der Waals surface area contributed by atoms with E-state index in [1.807, 2.05) is 0 Å². The molecule has 0 radical (unpaired) electrons. The molecule has 2 aromatic rings. The molecule has 8 nitrogen and oxygen atoms in total. The summed E-state index contributed by atoms with van der Waals surface area (Å²) < 4.78 is 10.2. The van der Waals surface area contributed by atoms with Crippen LogP contribution in [0.25, 0.3) is 0 Å². The molecule has 2 rings (SSSR count). The lowest BCUT2D eigenvalue weighted by Gasteiger charge is -2.14. The number of nitro benzene ring substituents is 1. The third-order valence-electron chi connectivity index (χ3n) is 3.34. The first-order valence-electron chi connectivity index (χ1n) is 7.32. The van der Waals surface area contributed by atoms with E-state index in [2.05, 4.69) is 5.32 Å². The fraction of sp³-hybridized carbons (Fsp3) is 0.176. The molecule has 0 aliphatic rings. The molecular formula is C17H16N2O6. The van der Waals surface area contributed by atoms with Gasteiger partial charge in [0.15, 0.2) is 6.10 Å². The first-order valence-corrected chi connectivity index (χ1v) is 7.32. The van der Waals surface area contributed by atoms with Gasteiger partial charge in [-0.3, -0.25) is 14.9 Å². The highest BCUT2D eigenvalue weighted by Crippen LogP contribution is 2.24. The van der Waals surface area contributed by atoms with E-state index in [0.29, 0.717) is 5.75 Å². The number of para-hydroxylation sites is 3. The van der Waals surface area contributed by atoms with Gasteiger partial charge in [0, 0.05) is 6.07 Å². The molecule has 130 valence electrons. The van der Waals surface area contributed by atoms with Crippen LogP contribution in [0.15, 0.2) is 48.5 Å². The zero-order valence-corrected chi connectivity index (χ0v) is 13.6. The monoisotopic (exact) mass is 344 g/mol. The number of esters is 1. The molecule has 0 saturated heterocycles. The van der Waals surface area contributed by atoms with E-state index >= 15 is 0 Å². The molecular weight excluding hydrogens is 328 g/mol. The number of ether oxygens (including phenoxy) is 2. The van der Waals surface area contributed by atoms with Crippen LogP contribution in [0.2, 0.25) is 0 Å². The number of benzene rings is 2. The Morgan fingerprint density at radius 2 is 1.76 bits per heavy atom. The summed E-state index contributed by atoms with van der Waals surface area (Å²) >= 11 is 0. The summed E-state index contributed by atoms with van der Waals surface area (Å²) in [5.74, 6) is -1.10. The summed E-state index contributed by atoms with van der Waals surface area (Å²) in [5, 5.41) is 13.3. The van der Waals surface area contributed by atoms with Gasteiger partial charge in [-0.15, -0.1) is 0 Å². The highest BCUT2D eigenvalue weighted by molar-refractivity contribution is 5.99. The molecule has 1 amide bonds. The van der Waals surface area contributed by atoms with Gasteiger partial charge in [0.2, 0.25) is 0 Å². The number of anilines is 1. The second-order valence-corrected chi connectivity index (χ2v) is 5.01. The molecule has 8 heteroatoms. The Morgan fingerprint density at radius 3 is 2.44 bits per heavy atom. The van der Waals surface area contributed by atoms with Crippen molar-refractivity contribution < 1.29 is 24.0 Å². The zero-order chi connectivity index (χ0) is 18.4. The standard InChI is InChI=1S/C17H16N2O6/c1-11(25-17(21)12-7-3-6-10-15(12)24-2)16(20)18-13-8-4-5-9-14(13)19(22)23/h3-11H,1-2H3,(H,18,20)/t11-/m0/s1. The van der Waals surface area contributed by atoms with E-state index in [1.165, 1.54) is 38.3 Å². The topological polar surface area (TPSA) is 108 Å². The second-order valence-electron chi connectivity index (χ2n) is 5.01. The van der Waals surface area contributed by atoms with Crippen LogP contribution in [-0.2, 0) is 9.53 Å². The SMILES string of the molecule is COc1ccccc1C(=O)O[C@@H](C)C(=O)Nc1ccccc1[N+](=O)[O-]. The molecule has 2 aromatic carbocycles. The quantitative estimate of drug-likeness (QED) is 0.490. The molecule has 0 saturated carbocycles. The highest BCUT2D eigenvalue weighted by Gasteiger charge is 2.23. The van der Waals surface area contributed by atoms with Crippen molar-refractivity contribution in [1.29, 1.82) is 0 Å². The first kappa shape index (κ1) is 17.9. The van der Waals surface area contributed by atoms with E-state index in [-0.39, 0.29) is 16.9 Å². The van der Waals surface area contributed by atoms with E-state index in [1.54, 1.807) is 24.3 Å². The minimum Gasteiger partial charge on any atom is -0.496 e. The summed E-state index contributed by atoms with van der Waals surface area (Å²) in [7, 11) is 1.41. The van der Waals surface area contributed by atoms with Gasteiger partial charge >= 0.3 is 5.97 Å². The van der Waals surface area contributed by atoms with E-state index < -0.39 is 22.9 Å². The van der Waals surface area contributed by atoms with Gasteiger partial charge in [0.05, 0.1) is 12.0 Å². The molecule has 0 unspecified atom stereocenters. The Morgan fingerprint density at radius 1 is 1.12 bits per heavy atom. The molecule has 0 aliphatic carbocycles. The Balaban J connectivity index is 2.08. The van der Waals surface area contributed by atoms with Gasteiger partial charge < -0.3 is 14.8 Å². The lowest BCUT2D eigenvalue weighted by molar-refractivity contribution is -0.383. The van der Waals surface area contributed by atoms with Crippen LogP contribution >= 0.6 is 0 Å². The van der Waals surface area contributed by atoms with Crippen LogP contribution in [0, 0.1) is 10.1 Å². The Hall–Kier alpha value is -3.42. The minimum atomic E-state index is -1.16. The molecule has 0 heterocycles. The van der Waals surface area contributed by atoms with Crippen molar-refractivity contribution in [2.24, 2.45) is 0 Å². The van der Waals surface area contributed by atoms with Crippen molar-refractivity contribution in [3.63, 3.8) is 0 Å². The van der Waals surface area contributed by atoms with Crippen LogP contribution in [-0.4, -0.2) is 30.0 Å². The number of carbonyl (C=O) groups is 2. The summed E-state index contributed by atoms with van der Waals surface area (Å²) in [6.45, 7) is 1.37. The molecule has 1 N–H and O–H groups in total. The van der Waals surface area contributed by atoms with Crippen LogP contribution in [0.3, 0.4) is 0 Å². The Labute approximate surface area is 143 Å². The fourth-order valence-electron chi connectivity index (χ4n) is 2.06. The predicted molar refractivity (Wildman–Crippen MR) is 89.6 cm³/mol. The van der Waals surface area contributed by atoms with Crippen LogP contribution < -0.4 is 10.1 Å². The smallest absolute Gasteiger partial charge is 0.342 e. The number of nitrogens with zero attached hydrogens (tertiary/aromatic N) is 1. The number of amides is 1. The Bertz CT molecular complexity index is 805. The van der Waals surface area contributed by atoms with Crippen molar-refractivity contribution >= 4 is 23.3 Å². The lowest BCUT2D eigenvalue weighted by Crippen LogP contribution is -2.30. The summed E-state index contributed by atoms with van der Waals surface area (Å²) in [6.07, 6.45) is -1.16. The number of carbonyl (C=O) groups excluding carboxylic acids is 2. The first-order chi connectivity index (χ1) is 11.9. The molecule has 0 aromatic heterocycles. The van der Waals surface area contributed by atoms with Crippen molar-refractivity contribution in [3.05, 3.63) is 64.2 Å². The molecule has 0 fully saturated rings. The summed E-state index contributed by atoms with van der Waals surface area (Å²) in [5.41, 5.74) is -0.0489. The normalized spacial score (nSPS) is 11.3. The molecule has 0 aliphatic heterocycles. The maximum Gasteiger partial charge on any atom is 0.342 e. The van der Waals surface area contributed by atoms with Gasteiger partial charge in [-0.2, -0.15) is 0 Å². The van der Waals surface area contributed by atoms with Crippen molar-refractivity contribution in [1.82, 2.24) is 0 Å². The van der Waals surface area contributed by atoms with Crippen LogP contribution in [0.1, 0.15) is 17.3 Å². The van der Waals surface area contributed by atoms with Gasteiger partial charge in [0.1, 0.15) is 17.0 Å². The number of rotatable bonds is 6. The van der Waals surface area contributed by atoms with Crippen molar-refractivity contribution in [2.75, 3.05) is 12.4 Å². The van der Waals surface area contributed by atoms with Crippen molar-refractivity contribution in [3.8, 4) is 5.75 Å². The maximum absolute atomic E-state index is 12.2. The third-order valence-corrected chi connectivity index (χ3v) is 3.34. The minimum absolute atomic E-state index is 0.0256. The number of nitro groups is 1. The maximum atomic E-state index is 12.2. The Kier molecular flexibility index (Phi) is 5.67. The summed E-state index contributed by atoms with van der Waals surface area (Å²) in [6, 6.07) is 12.1. The average molecular weight is 344 g/mol. The van der Waals surface area contributed by atoms with E-state index in [4.69, 9.17) is 9.47 Å². The highest BCUT2D eigenvalue weighted by atomic mass is 16.6. The third kappa shape index (κ3) is 4.31. The number of nitrogens with one attached hydrogen (secondary N) is 1. The molecule has 0 bridgehead atoms. The number of methoxy groups -OCH3 is 1. The fourth-order valence-corrected chi connectivity index (χ4v) is 2.06. The largest absolute Gasteiger partial charge is 0.496 e. The van der Waals surface area contributed by atoms with Crippen molar-refractivity contribution in [2.45, 2.75) is 13.0 Å². The average Bonchev–Trinajstić information content (AvgIpc) is 2.61. The predicted octanol–water partition coefficient (Wildman–Crippen LogP) is 2.79. The van der Waals surface area contributed by atoms with Gasteiger partial charge in [-0.1, -0.05) is 24.3 Å².